The van der Waals surface area contributed by atoms with Crippen molar-refractivity contribution in [2.75, 3.05) is 13.2 Å². The molecule has 0 saturated heterocycles. The first kappa shape index (κ1) is 14.8. The van der Waals surface area contributed by atoms with E-state index in [1.165, 1.54) is 17.0 Å². The smallest absolute Gasteiger partial charge is 0.258 e. The van der Waals surface area contributed by atoms with Gasteiger partial charge in [-0.05, 0) is 19.1 Å². The van der Waals surface area contributed by atoms with Crippen molar-refractivity contribution in [1.29, 1.82) is 0 Å². The Kier molecular flexibility index (Phi) is 5.09. The number of amides is 1. The molecular formula is C15H17N3O3. The molecule has 0 spiro atoms. The second kappa shape index (κ2) is 7.23. The molecule has 1 aromatic carbocycles. The topological polar surface area (TPSA) is 73.2 Å². The molecule has 0 atom stereocenters. The molecule has 0 aliphatic heterocycles. The van der Waals surface area contributed by atoms with Gasteiger partial charge in [0.25, 0.3) is 11.5 Å². The van der Waals surface area contributed by atoms with Gasteiger partial charge < -0.3 is 10.1 Å². The first-order chi connectivity index (χ1) is 10.1. The Morgan fingerprint density at radius 1 is 1.33 bits per heavy atom. The average molecular weight is 287 g/mol. The van der Waals surface area contributed by atoms with Gasteiger partial charge in [-0.3, -0.25) is 14.2 Å². The average Bonchev–Trinajstić information content (AvgIpc) is 2.48. The number of hydrogen-bond acceptors (Lipinski definition) is 4. The number of benzene rings is 1. The van der Waals surface area contributed by atoms with Gasteiger partial charge in [-0.2, -0.15) is 0 Å². The number of carbonyl (C=O) groups is 1. The first-order valence-electron chi connectivity index (χ1n) is 6.63. The van der Waals surface area contributed by atoms with E-state index in [0.29, 0.717) is 24.5 Å². The molecule has 0 fully saturated rings. The third kappa shape index (κ3) is 4.76. The minimum atomic E-state index is -0.230. The van der Waals surface area contributed by atoms with Gasteiger partial charge in [0.15, 0.2) is 6.61 Å². The van der Waals surface area contributed by atoms with E-state index in [9.17, 15) is 9.59 Å². The third-order valence-corrected chi connectivity index (χ3v) is 2.80. The van der Waals surface area contributed by atoms with E-state index in [1.807, 2.05) is 18.2 Å². The van der Waals surface area contributed by atoms with Crippen LogP contribution in [0.15, 0.2) is 47.5 Å². The standard InChI is InChI=1S/C15H17N3O3/c1-12-9-15(20)18(11-17-12)8-7-16-14(19)10-21-13-5-3-2-4-6-13/h2-6,9,11H,7-8,10H2,1H3,(H,16,19). The van der Waals surface area contributed by atoms with Gasteiger partial charge in [0.2, 0.25) is 0 Å². The lowest BCUT2D eigenvalue weighted by Gasteiger charge is -2.08. The van der Waals surface area contributed by atoms with E-state index in [4.69, 9.17) is 4.74 Å². The fourth-order valence-electron chi connectivity index (χ4n) is 1.72. The van der Waals surface area contributed by atoms with Gasteiger partial charge in [0.05, 0.1) is 6.33 Å². The number of para-hydroxylation sites is 1. The summed E-state index contributed by atoms with van der Waals surface area (Å²) in [4.78, 5) is 27.3. The van der Waals surface area contributed by atoms with Crippen LogP contribution in [0, 0.1) is 6.92 Å². The highest BCUT2D eigenvalue weighted by Crippen LogP contribution is 2.07. The lowest BCUT2D eigenvalue weighted by atomic mass is 10.3. The Morgan fingerprint density at radius 3 is 2.81 bits per heavy atom. The van der Waals surface area contributed by atoms with Crippen LogP contribution in [0.4, 0.5) is 0 Å². The summed E-state index contributed by atoms with van der Waals surface area (Å²) < 4.78 is 6.77. The number of nitrogens with one attached hydrogen (secondary N) is 1. The van der Waals surface area contributed by atoms with Gasteiger partial charge in [-0.1, -0.05) is 18.2 Å². The van der Waals surface area contributed by atoms with E-state index in [-0.39, 0.29) is 18.1 Å². The zero-order valence-corrected chi connectivity index (χ0v) is 11.8. The molecule has 1 N–H and O–H groups in total. The fraction of sp³-hybridized carbons (Fsp3) is 0.267. The number of aromatic nitrogens is 2. The Labute approximate surface area is 122 Å². The number of hydrogen-bond donors (Lipinski definition) is 1. The minimum Gasteiger partial charge on any atom is -0.484 e. The van der Waals surface area contributed by atoms with Crippen LogP contribution in [-0.4, -0.2) is 28.6 Å². The minimum absolute atomic E-state index is 0.0505. The number of aryl methyl sites for hydroxylation is 1. The van der Waals surface area contributed by atoms with Crippen molar-refractivity contribution in [1.82, 2.24) is 14.9 Å². The van der Waals surface area contributed by atoms with Crippen LogP contribution in [0.3, 0.4) is 0 Å². The molecule has 0 unspecified atom stereocenters. The van der Waals surface area contributed by atoms with Gasteiger partial charge in [0, 0.05) is 24.8 Å². The maximum atomic E-state index is 11.6. The SMILES string of the molecule is Cc1cc(=O)n(CCNC(=O)COc2ccccc2)cn1. The maximum absolute atomic E-state index is 11.6. The van der Waals surface area contributed by atoms with Crippen LogP contribution in [0.5, 0.6) is 5.75 Å². The zero-order chi connectivity index (χ0) is 15.1. The highest BCUT2D eigenvalue weighted by molar-refractivity contribution is 5.77. The van der Waals surface area contributed by atoms with Crippen LogP contribution < -0.4 is 15.6 Å². The predicted molar refractivity (Wildman–Crippen MR) is 78.2 cm³/mol. The van der Waals surface area contributed by atoms with Crippen molar-refractivity contribution in [2.24, 2.45) is 0 Å². The van der Waals surface area contributed by atoms with Gasteiger partial charge in [-0.15, -0.1) is 0 Å². The maximum Gasteiger partial charge on any atom is 0.258 e. The molecule has 1 amide bonds. The number of nitrogens with zero attached hydrogens (tertiary/aromatic N) is 2. The largest absolute Gasteiger partial charge is 0.484 e. The normalized spacial score (nSPS) is 10.1. The summed E-state index contributed by atoms with van der Waals surface area (Å²) in [5.74, 6) is 0.415. The summed E-state index contributed by atoms with van der Waals surface area (Å²) in [5.41, 5.74) is 0.550. The van der Waals surface area contributed by atoms with Crippen molar-refractivity contribution >= 4 is 5.91 Å². The van der Waals surface area contributed by atoms with E-state index in [2.05, 4.69) is 10.3 Å². The van der Waals surface area contributed by atoms with Crippen molar-refractivity contribution < 1.29 is 9.53 Å². The van der Waals surface area contributed by atoms with Crippen molar-refractivity contribution in [2.45, 2.75) is 13.5 Å². The molecule has 6 nitrogen and oxygen atoms in total. The van der Waals surface area contributed by atoms with E-state index >= 15 is 0 Å². The highest BCUT2D eigenvalue weighted by atomic mass is 16.5. The Hall–Kier alpha value is -2.63. The summed E-state index contributed by atoms with van der Waals surface area (Å²) in [5, 5.41) is 2.69. The number of rotatable bonds is 6. The lowest BCUT2D eigenvalue weighted by Crippen LogP contribution is -2.33. The van der Waals surface area contributed by atoms with E-state index in [0.717, 1.165) is 0 Å². The molecule has 0 aliphatic rings. The summed E-state index contributed by atoms with van der Waals surface area (Å²) in [6.45, 7) is 2.43. The fourth-order valence-corrected chi connectivity index (χ4v) is 1.72. The van der Waals surface area contributed by atoms with E-state index in [1.54, 1.807) is 19.1 Å². The molecule has 1 heterocycles. The molecular weight excluding hydrogens is 270 g/mol. The van der Waals surface area contributed by atoms with Crippen molar-refractivity contribution in [3.05, 3.63) is 58.8 Å². The molecule has 6 heteroatoms. The predicted octanol–water partition coefficient (Wildman–Crippen LogP) is 0.747. The number of carbonyl (C=O) groups excluding carboxylic acids is 1. The molecule has 110 valence electrons. The van der Waals surface area contributed by atoms with Crippen molar-refractivity contribution in [3.8, 4) is 5.75 Å². The Morgan fingerprint density at radius 2 is 2.10 bits per heavy atom. The van der Waals surface area contributed by atoms with Gasteiger partial charge >= 0.3 is 0 Å². The molecule has 21 heavy (non-hydrogen) atoms. The first-order valence-corrected chi connectivity index (χ1v) is 6.63. The molecule has 0 bridgehead atoms. The van der Waals surface area contributed by atoms with Crippen molar-refractivity contribution in [3.63, 3.8) is 0 Å². The second-order valence-corrected chi connectivity index (χ2v) is 4.51. The van der Waals surface area contributed by atoms with Crippen LogP contribution in [-0.2, 0) is 11.3 Å². The van der Waals surface area contributed by atoms with Gasteiger partial charge in [0.1, 0.15) is 5.75 Å². The van der Waals surface area contributed by atoms with Crippen LogP contribution in [0.2, 0.25) is 0 Å². The zero-order valence-electron chi connectivity index (χ0n) is 11.8. The van der Waals surface area contributed by atoms with Gasteiger partial charge in [-0.25, -0.2) is 4.98 Å². The monoisotopic (exact) mass is 287 g/mol. The molecule has 0 radical (unpaired) electrons. The Balaban J connectivity index is 1.73. The van der Waals surface area contributed by atoms with Crippen LogP contribution in [0.25, 0.3) is 0 Å². The summed E-state index contributed by atoms with van der Waals surface area (Å²) in [6.07, 6.45) is 1.48. The molecule has 0 aliphatic carbocycles. The van der Waals surface area contributed by atoms with Crippen LogP contribution in [0.1, 0.15) is 5.69 Å². The number of ether oxygens (including phenoxy) is 1. The molecule has 2 aromatic rings. The molecule has 1 aromatic heterocycles. The molecule has 2 rings (SSSR count). The summed E-state index contributed by atoms with van der Waals surface area (Å²) in [6, 6.07) is 10.6. The highest BCUT2D eigenvalue weighted by Gasteiger charge is 2.03. The Bertz CT molecular complexity index is 653. The molecule has 0 saturated carbocycles. The van der Waals surface area contributed by atoms with Crippen LogP contribution >= 0.6 is 0 Å². The lowest BCUT2D eigenvalue weighted by molar-refractivity contribution is -0.123. The third-order valence-electron chi connectivity index (χ3n) is 2.80. The summed E-state index contributed by atoms with van der Waals surface area (Å²) in [7, 11) is 0. The summed E-state index contributed by atoms with van der Waals surface area (Å²) >= 11 is 0. The second-order valence-electron chi connectivity index (χ2n) is 4.51. The van der Waals surface area contributed by atoms with E-state index < -0.39 is 0 Å². The quantitative estimate of drug-likeness (QED) is 0.851.